The standard InChI is InChI=1S/C21H13N7S/c1-3-12(9-22-7-1)14-5-6-15-19(24-14)20(28-27-15)21-25-16-11-23-10-13(18(16)26-21)17-4-2-8-29-17/h1-11H,(H,25,26)(H,27,28). The van der Waals surface area contributed by atoms with Crippen LogP contribution in [0.4, 0.5) is 0 Å². The molecule has 6 aromatic rings. The smallest absolute Gasteiger partial charge is 0.161 e. The average molecular weight is 395 g/mol. The van der Waals surface area contributed by atoms with Crippen LogP contribution in [-0.4, -0.2) is 35.1 Å². The van der Waals surface area contributed by atoms with Gasteiger partial charge in [-0.25, -0.2) is 9.97 Å². The molecule has 0 fully saturated rings. The molecular formula is C21H13N7S. The van der Waals surface area contributed by atoms with E-state index >= 15 is 0 Å². The van der Waals surface area contributed by atoms with Gasteiger partial charge in [0.05, 0.1) is 22.9 Å². The summed E-state index contributed by atoms with van der Waals surface area (Å²) in [6, 6.07) is 11.9. The summed E-state index contributed by atoms with van der Waals surface area (Å²) in [6.07, 6.45) is 7.18. The second-order valence-electron chi connectivity index (χ2n) is 6.55. The number of H-pyrrole nitrogens is 2. The van der Waals surface area contributed by atoms with E-state index in [1.165, 1.54) is 0 Å². The molecule has 6 aromatic heterocycles. The molecule has 7 nitrogen and oxygen atoms in total. The summed E-state index contributed by atoms with van der Waals surface area (Å²) in [4.78, 5) is 22.7. The molecule has 6 heterocycles. The maximum absolute atomic E-state index is 4.84. The molecule has 0 bridgehead atoms. The number of aromatic amines is 2. The van der Waals surface area contributed by atoms with Crippen LogP contribution in [0.3, 0.4) is 0 Å². The summed E-state index contributed by atoms with van der Waals surface area (Å²) in [6.45, 7) is 0. The van der Waals surface area contributed by atoms with Crippen LogP contribution in [0.25, 0.3) is 55.3 Å². The van der Waals surface area contributed by atoms with E-state index in [-0.39, 0.29) is 0 Å². The van der Waals surface area contributed by atoms with E-state index in [1.54, 1.807) is 29.9 Å². The highest BCUT2D eigenvalue weighted by Gasteiger charge is 2.17. The van der Waals surface area contributed by atoms with Gasteiger partial charge in [0.1, 0.15) is 11.0 Å². The average Bonchev–Trinajstić information content (AvgIpc) is 3.52. The molecule has 0 saturated heterocycles. The van der Waals surface area contributed by atoms with E-state index in [0.717, 1.165) is 43.8 Å². The molecule has 0 saturated carbocycles. The van der Waals surface area contributed by atoms with Crippen LogP contribution in [0.5, 0.6) is 0 Å². The fourth-order valence-electron chi connectivity index (χ4n) is 3.40. The van der Waals surface area contributed by atoms with Crippen molar-refractivity contribution in [1.29, 1.82) is 0 Å². The van der Waals surface area contributed by atoms with Crippen LogP contribution in [0.2, 0.25) is 0 Å². The van der Waals surface area contributed by atoms with Gasteiger partial charge in [-0.05, 0) is 35.7 Å². The van der Waals surface area contributed by atoms with Gasteiger partial charge in [0.25, 0.3) is 0 Å². The normalized spacial score (nSPS) is 11.4. The minimum absolute atomic E-state index is 0.660. The molecule has 8 heteroatoms. The number of imidazole rings is 1. The molecule has 29 heavy (non-hydrogen) atoms. The highest BCUT2D eigenvalue weighted by atomic mass is 32.1. The Labute approximate surface area is 168 Å². The summed E-state index contributed by atoms with van der Waals surface area (Å²) >= 11 is 1.67. The van der Waals surface area contributed by atoms with Gasteiger partial charge in [-0.3, -0.25) is 15.1 Å². The van der Waals surface area contributed by atoms with Gasteiger partial charge >= 0.3 is 0 Å². The third-order valence-electron chi connectivity index (χ3n) is 4.77. The number of hydrogen-bond donors (Lipinski definition) is 2. The number of thiophene rings is 1. The van der Waals surface area contributed by atoms with Crippen molar-refractivity contribution in [1.82, 2.24) is 35.1 Å². The van der Waals surface area contributed by atoms with Gasteiger partial charge in [-0.2, -0.15) is 5.10 Å². The zero-order chi connectivity index (χ0) is 19.2. The third kappa shape index (κ3) is 2.61. The van der Waals surface area contributed by atoms with Gasteiger partial charge in [0.2, 0.25) is 0 Å². The second-order valence-corrected chi connectivity index (χ2v) is 7.50. The zero-order valence-electron chi connectivity index (χ0n) is 15.0. The largest absolute Gasteiger partial charge is 0.335 e. The topological polar surface area (TPSA) is 96.0 Å². The first-order chi connectivity index (χ1) is 14.4. The Hall–Kier alpha value is -3.91. The molecule has 0 aromatic carbocycles. The monoisotopic (exact) mass is 395 g/mol. The van der Waals surface area contributed by atoms with Crippen LogP contribution in [0.15, 0.2) is 66.6 Å². The summed E-state index contributed by atoms with van der Waals surface area (Å²) in [5.74, 6) is 0.660. The minimum Gasteiger partial charge on any atom is -0.335 e. The lowest BCUT2D eigenvalue weighted by molar-refractivity contribution is 1.10. The van der Waals surface area contributed by atoms with Crippen LogP contribution >= 0.6 is 11.3 Å². The molecule has 0 spiro atoms. The van der Waals surface area contributed by atoms with Crippen molar-refractivity contribution >= 4 is 33.4 Å². The van der Waals surface area contributed by atoms with Crippen LogP contribution < -0.4 is 0 Å². The first-order valence-electron chi connectivity index (χ1n) is 9.00. The van der Waals surface area contributed by atoms with Crippen molar-refractivity contribution in [3.8, 4) is 33.2 Å². The van der Waals surface area contributed by atoms with E-state index < -0.39 is 0 Å². The predicted octanol–water partition coefficient (Wildman–Crippen LogP) is 4.69. The zero-order valence-corrected chi connectivity index (χ0v) is 15.8. The Morgan fingerprint density at radius 2 is 1.83 bits per heavy atom. The number of fused-ring (bicyclic) bond motifs is 2. The highest BCUT2D eigenvalue weighted by molar-refractivity contribution is 7.13. The van der Waals surface area contributed by atoms with Crippen LogP contribution in [-0.2, 0) is 0 Å². The molecule has 138 valence electrons. The number of aromatic nitrogens is 7. The molecule has 6 rings (SSSR count). The lowest BCUT2D eigenvalue weighted by Crippen LogP contribution is -1.87. The maximum Gasteiger partial charge on any atom is 0.161 e. The van der Waals surface area contributed by atoms with Gasteiger partial charge in [-0.1, -0.05) is 6.07 Å². The molecule has 0 atom stereocenters. The Morgan fingerprint density at radius 3 is 2.69 bits per heavy atom. The number of nitrogens with one attached hydrogen (secondary N) is 2. The SMILES string of the molecule is c1cncc(-c2ccc3[nH]nc(-c4nc5c(-c6cccs6)cncc5[nH]4)c3n2)c1. The quantitative estimate of drug-likeness (QED) is 0.453. The number of rotatable bonds is 3. The van der Waals surface area contributed by atoms with Crippen molar-refractivity contribution in [2.75, 3.05) is 0 Å². The first kappa shape index (κ1) is 16.1. The lowest BCUT2D eigenvalue weighted by atomic mass is 10.2. The number of hydrogen-bond acceptors (Lipinski definition) is 6. The van der Waals surface area contributed by atoms with E-state index in [0.29, 0.717) is 11.5 Å². The van der Waals surface area contributed by atoms with Crippen molar-refractivity contribution < 1.29 is 0 Å². The van der Waals surface area contributed by atoms with E-state index in [4.69, 9.17) is 9.97 Å². The van der Waals surface area contributed by atoms with Crippen molar-refractivity contribution in [3.05, 3.63) is 66.6 Å². The maximum atomic E-state index is 4.84. The second kappa shape index (κ2) is 6.32. The van der Waals surface area contributed by atoms with Crippen molar-refractivity contribution in [2.24, 2.45) is 0 Å². The third-order valence-corrected chi connectivity index (χ3v) is 5.67. The summed E-state index contributed by atoms with van der Waals surface area (Å²) in [5.41, 5.74) is 6.83. The lowest BCUT2D eigenvalue weighted by Gasteiger charge is -2.00. The number of nitrogens with zero attached hydrogens (tertiary/aromatic N) is 5. The van der Waals surface area contributed by atoms with Gasteiger partial charge in [0.15, 0.2) is 11.5 Å². The van der Waals surface area contributed by atoms with E-state index in [9.17, 15) is 0 Å². The Kier molecular flexibility index (Phi) is 3.50. The molecule has 0 aliphatic rings. The predicted molar refractivity (Wildman–Crippen MR) is 113 cm³/mol. The van der Waals surface area contributed by atoms with E-state index in [2.05, 4.69) is 31.2 Å². The number of pyridine rings is 3. The van der Waals surface area contributed by atoms with Gasteiger partial charge in [0, 0.05) is 34.6 Å². The summed E-state index contributed by atoms with van der Waals surface area (Å²) in [5, 5.41) is 9.57. The van der Waals surface area contributed by atoms with Crippen LogP contribution in [0, 0.1) is 0 Å². The molecule has 0 aliphatic heterocycles. The summed E-state index contributed by atoms with van der Waals surface area (Å²) < 4.78 is 0. The van der Waals surface area contributed by atoms with Crippen molar-refractivity contribution in [2.45, 2.75) is 0 Å². The molecule has 0 amide bonds. The molecule has 2 N–H and O–H groups in total. The van der Waals surface area contributed by atoms with Crippen molar-refractivity contribution in [3.63, 3.8) is 0 Å². The highest BCUT2D eigenvalue weighted by Crippen LogP contribution is 2.32. The Morgan fingerprint density at radius 1 is 0.828 bits per heavy atom. The fourth-order valence-corrected chi connectivity index (χ4v) is 4.13. The van der Waals surface area contributed by atoms with E-state index in [1.807, 2.05) is 41.9 Å². The fraction of sp³-hybridized carbons (Fsp3) is 0. The molecule has 0 unspecified atom stereocenters. The van der Waals surface area contributed by atoms with Gasteiger partial charge < -0.3 is 4.98 Å². The minimum atomic E-state index is 0.660. The summed E-state index contributed by atoms with van der Waals surface area (Å²) in [7, 11) is 0. The molecule has 0 radical (unpaired) electrons. The van der Waals surface area contributed by atoms with Crippen LogP contribution in [0.1, 0.15) is 0 Å². The van der Waals surface area contributed by atoms with Gasteiger partial charge in [-0.15, -0.1) is 11.3 Å². The molecule has 0 aliphatic carbocycles. The first-order valence-corrected chi connectivity index (χ1v) is 9.88. The Bertz CT molecular complexity index is 1450. The molecular weight excluding hydrogens is 382 g/mol. The Balaban J connectivity index is 1.53.